The van der Waals surface area contributed by atoms with Crippen LogP contribution in [0, 0.1) is 16.2 Å². The Labute approximate surface area is 829 Å². The van der Waals surface area contributed by atoms with Gasteiger partial charge >= 0.3 is 7.82 Å². The second-order valence-corrected chi connectivity index (χ2v) is 78.3. The minimum Gasteiger partial charge on any atom is -0.299 e. The number of nitrogens with zero attached hydrogens (tertiary/aromatic N) is 27. The van der Waals surface area contributed by atoms with E-state index in [1.165, 1.54) is 0 Å². The molecule has 0 spiro atoms. The molecule has 0 aromatic rings. The van der Waals surface area contributed by atoms with E-state index in [4.69, 9.17) is 40.0 Å². The van der Waals surface area contributed by atoms with Crippen molar-refractivity contribution in [1.29, 1.82) is 0 Å². The zero-order valence-corrected chi connectivity index (χ0v) is 105. The number of hydrogen-bond donors (Lipinski definition) is 3. The van der Waals surface area contributed by atoms with Crippen LogP contribution in [0.25, 0.3) is 0 Å². The Kier molecular flexibility index (Phi) is 42.5. The highest BCUT2D eigenvalue weighted by Gasteiger charge is 2.68. The third kappa shape index (κ3) is 23.5. The summed E-state index contributed by atoms with van der Waals surface area (Å²) in [6.45, 7) is 37.0. The van der Waals surface area contributed by atoms with Crippen LogP contribution >= 0.6 is 76.4 Å². The van der Waals surface area contributed by atoms with Gasteiger partial charge < -0.3 is 0 Å². The normalized spacial score (nSPS) is 29.0. The Morgan fingerprint density at radius 3 is 0.597 bits per heavy atom. The standard InChI is InChI=1S/C90H210N30O4P10/c1-79(2,3)70-82(10,11)91-73-118(52)76-58-67-131(115(46)47,88(76,106(28)29)107(30)31)97-125(94-128(112(40)41)64-55-61-85(128,100(16)17)101(18)19)122-134(121,123-126(95-129(113(42)43)65-56-62-86(129,102(20)21)103(22)23)98-132(116(48)49)68-59-77(89(132,108(32)33)109(34)35)119(53)74-92-83(12,13)71-80(4,5)6)124-127(96-130(114(44)45)66-57-63-87(130,104(24)25)105(26)27)99-133(117(50)51)69-60-78(90(133,110(36)37)111(38)39)120(54)75-93-84(14,15)72-81(7,8)9/h76-78,91-93H,55-75H2,1-54H3. The fourth-order valence-electron chi connectivity index (χ4n) is 27.2. The van der Waals surface area contributed by atoms with E-state index in [0.29, 0.717) is 38.5 Å². The van der Waals surface area contributed by atoms with Gasteiger partial charge in [-0.05, 0) is 428 Å². The topological polar surface area (TPSA) is 223 Å². The molecule has 0 aromatic carbocycles. The summed E-state index contributed by atoms with van der Waals surface area (Å²) in [5.41, 5.74) is -0.307. The zero-order valence-electron chi connectivity index (χ0n) is 96.3. The van der Waals surface area contributed by atoms with Gasteiger partial charge in [-0.1, -0.05) is 62.3 Å². The van der Waals surface area contributed by atoms with E-state index in [0.717, 1.165) is 95.5 Å². The van der Waals surface area contributed by atoms with Gasteiger partial charge in [0.05, 0.1) is 43.2 Å². The maximum absolute atomic E-state index is 20.5. The smallest absolute Gasteiger partial charge is 0.299 e. The van der Waals surface area contributed by atoms with Gasteiger partial charge in [-0.2, -0.15) is 0 Å². The second-order valence-electron chi connectivity index (χ2n) is 49.3. The van der Waals surface area contributed by atoms with Crippen molar-refractivity contribution in [2.45, 2.75) is 248 Å². The first-order valence-electron chi connectivity index (χ1n) is 49.0. The summed E-state index contributed by atoms with van der Waals surface area (Å²) in [7, 11) is 54.9. The quantitative estimate of drug-likeness (QED) is 0.0381. The van der Waals surface area contributed by atoms with E-state index >= 15 is 4.57 Å². The maximum Gasteiger partial charge on any atom is 0.493 e. The molecule has 6 heterocycles. The van der Waals surface area contributed by atoms with E-state index in [-0.39, 0.29) is 51.0 Å². The van der Waals surface area contributed by atoms with Crippen molar-refractivity contribution in [3.05, 3.63) is 0 Å². The molecule has 134 heavy (non-hydrogen) atoms. The van der Waals surface area contributed by atoms with Crippen molar-refractivity contribution < 1.29 is 17.5 Å². The highest BCUT2D eigenvalue weighted by atomic mass is 31.3. The fourth-order valence-corrected chi connectivity index (χ4v) is 73.3. The molecule has 0 aromatic heterocycles. The molecule has 0 radical (unpaired) electrons. The molecule has 12 atom stereocenters. The predicted molar refractivity (Wildman–Crippen MR) is 594 cm³/mol. The van der Waals surface area contributed by atoms with Gasteiger partial charge in [0.25, 0.3) is 25.3 Å². The van der Waals surface area contributed by atoms with Crippen LogP contribution in [0.3, 0.4) is 0 Å². The van der Waals surface area contributed by atoms with Crippen LogP contribution in [-0.4, -0.2) is 501 Å². The Bertz CT molecular complexity index is 3780. The van der Waals surface area contributed by atoms with Gasteiger partial charge in [0, 0.05) is 73.2 Å². The third-order valence-electron chi connectivity index (χ3n) is 30.7. The minimum atomic E-state index is -5.57. The molecular formula is C90H210N30O4P10. The molecule has 6 aliphatic heterocycles. The van der Waals surface area contributed by atoms with Crippen LogP contribution in [0.4, 0.5) is 0 Å². The summed E-state index contributed by atoms with van der Waals surface area (Å²) in [5.74, 6) is 0. The highest BCUT2D eigenvalue weighted by Crippen LogP contribution is 2.89. The molecule has 12 unspecified atom stereocenters. The van der Waals surface area contributed by atoms with Crippen LogP contribution < -0.4 is 16.0 Å². The molecule has 794 valence electrons. The van der Waals surface area contributed by atoms with Gasteiger partial charge in [0.1, 0.15) is 32.4 Å². The number of likely N-dealkylation sites (N-methyl/N-ethyl adjacent to an activating group) is 9. The molecule has 0 aliphatic carbocycles. The number of phosphoric acid groups is 1. The molecule has 0 amide bonds. The number of nitrogens with one attached hydrogen (secondary N) is 3. The molecule has 3 N–H and O–H groups in total. The van der Waals surface area contributed by atoms with E-state index in [9.17, 15) is 0 Å². The molecule has 6 rings (SSSR count). The van der Waals surface area contributed by atoms with Crippen molar-refractivity contribution in [3.63, 3.8) is 0 Å². The van der Waals surface area contributed by atoms with Crippen molar-refractivity contribution in [2.24, 2.45) is 43.3 Å². The van der Waals surface area contributed by atoms with Crippen LogP contribution in [0.5, 0.6) is 0 Å². The summed E-state index contributed by atoms with van der Waals surface area (Å²) in [5, 5.41) is 7.91. The van der Waals surface area contributed by atoms with Crippen molar-refractivity contribution in [1.82, 2.24) is 117 Å². The molecule has 34 nitrogen and oxygen atoms in total. The average molecular weight is 2090 g/mol. The van der Waals surface area contributed by atoms with Crippen LogP contribution in [-0.2, 0) is 17.5 Å². The minimum absolute atomic E-state index is 0.0861. The van der Waals surface area contributed by atoms with Crippen molar-refractivity contribution >= 4 is 76.4 Å². The molecule has 6 aliphatic rings. The SMILES string of the molecule is CN(CNC(C)(C)CC(C)(C)C)C1CCP(=NP(N=P2(N(C)C)CCCC2(N(C)C)N(C)C)OP(=O)(OP(N=P2(N(C)C)CCCC2(N(C)C)N(C)C)N=P2(N(C)C)CCC(N(C)CNC(C)(C)CC(C)(C)C)C2(N(C)C)N(C)C)OP(N=P2(N(C)C)CCCC2(N(C)C)N(C)C)N=P2(N(C)C)CCC(N(C)CNC(C)(C)CC(C)(C)C)C2(N(C)C)N(C)C)(N(C)C)C1(N(C)C)N(C)C. The van der Waals surface area contributed by atoms with Gasteiger partial charge in [-0.25, -0.2) is 44.6 Å². The highest BCUT2D eigenvalue weighted by molar-refractivity contribution is 7.83. The summed E-state index contributed by atoms with van der Waals surface area (Å²) < 4.78 is 102. The Balaban J connectivity index is 2.14. The first kappa shape index (κ1) is 124. The lowest BCUT2D eigenvalue weighted by molar-refractivity contribution is 0.000275. The molecule has 44 heteroatoms. The van der Waals surface area contributed by atoms with Crippen molar-refractivity contribution in [2.75, 3.05) is 332 Å². The first-order valence-corrected chi connectivity index (χ1v) is 65.3. The number of hydrogen-bond acceptors (Lipinski definition) is 28. The summed E-state index contributed by atoms with van der Waals surface area (Å²) in [6, 6.07) is -0.289. The first-order chi connectivity index (χ1) is 60.7. The number of rotatable bonds is 45. The van der Waals surface area contributed by atoms with Gasteiger partial charge in [-0.3, -0.25) is 117 Å². The fraction of sp³-hybridized carbons (Fsp3) is 1.00. The van der Waals surface area contributed by atoms with Crippen LogP contribution in [0.1, 0.15) is 181 Å². The van der Waals surface area contributed by atoms with E-state index in [2.05, 4.69) is 496 Å². The lowest BCUT2D eigenvalue weighted by Crippen LogP contribution is -2.65. The molecule has 0 saturated carbocycles. The summed E-state index contributed by atoms with van der Waals surface area (Å²) in [4.78, 5) is 36.8. The van der Waals surface area contributed by atoms with E-state index < -0.39 is 109 Å². The lowest BCUT2D eigenvalue weighted by Gasteiger charge is -2.56. The second kappa shape index (κ2) is 45.7. The Morgan fingerprint density at radius 2 is 0.448 bits per heavy atom. The van der Waals surface area contributed by atoms with Gasteiger partial charge in [-0.15, -0.1) is 0 Å². The molecule has 0 bridgehead atoms. The Hall–Kier alpha value is 1.82. The van der Waals surface area contributed by atoms with E-state index in [1.54, 1.807) is 0 Å². The predicted octanol–water partition coefficient (Wildman–Crippen LogP) is 18.3. The molecule has 6 fully saturated rings. The van der Waals surface area contributed by atoms with Gasteiger partial charge in [0.2, 0.25) is 0 Å². The average Bonchev–Trinajstić information content (AvgIpc) is 1.53. The monoisotopic (exact) mass is 2090 g/mol. The maximum atomic E-state index is 20.5. The summed E-state index contributed by atoms with van der Waals surface area (Å²) in [6.07, 6.45) is 14.7. The van der Waals surface area contributed by atoms with E-state index in [1.807, 2.05) is 0 Å². The van der Waals surface area contributed by atoms with Crippen LogP contribution in [0.15, 0.2) is 27.1 Å². The zero-order chi connectivity index (χ0) is 103. The summed E-state index contributed by atoms with van der Waals surface area (Å²) >= 11 is 0. The third-order valence-corrected chi connectivity index (χ3v) is 72.1. The van der Waals surface area contributed by atoms with Crippen LogP contribution in [0.2, 0.25) is 0 Å². The van der Waals surface area contributed by atoms with Gasteiger partial charge in [0.15, 0.2) is 0 Å². The Morgan fingerprint density at radius 1 is 0.276 bits per heavy atom. The lowest BCUT2D eigenvalue weighted by atomic mass is 9.82. The largest absolute Gasteiger partial charge is 0.493 e. The molecule has 6 saturated heterocycles. The molecular weight excluding hydrogens is 1870 g/mol. The van der Waals surface area contributed by atoms with Crippen molar-refractivity contribution in [3.8, 4) is 0 Å².